The largest absolute Gasteiger partial charge is 0.416 e. The maximum Gasteiger partial charge on any atom is 0.416 e. The first-order chi connectivity index (χ1) is 14.9. The number of benzene rings is 2. The van der Waals surface area contributed by atoms with Gasteiger partial charge in [0.05, 0.1) is 41.4 Å². The lowest BCUT2D eigenvalue weighted by Crippen LogP contribution is -2.51. The minimum absolute atomic E-state index is 0.0218. The molecule has 3 nitrogen and oxygen atoms in total. The van der Waals surface area contributed by atoms with Crippen LogP contribution >= 0.6 is 0 Å². The van der Waals surface area contributed by atoms with Crippen LogP contribution in [0.25, 0.3) is 0 Å². The fourth-order valence-electron chi connectivity index (χ4n) is 3.83. The number of hydrogen-bond donors (Lipinski definition) is 1. The van der Waals surface area contributed by atoms with E-state index in [1.54, 1.807) is 0 Å². The highest BCUT2D eigenvalue weighted by Crippen LogP contribution is 2.39. The second-order valence-electron chi connectivity index (χ2n) is 7.99. The Labute approximate surface area is 182 Å². The van der Waals surface area contributed by atoms with Gasteiger partial charge >= 0.3 is 12.4 Å². The van der Waals surface area contributed by atoms with E-state index in [0.29, 0.717) is 31.5 Å². The normalized spacial score (nSPS) is 22.9. The van der Waals surface area contributed by atoms with Crippen LogP contribution in [-0.2, 0) is 22.6 Å². The molecule has 2 aromatic rings. The van der Waals surface area contributed by atoms with Crippen molar-refractivity contribution in [2.75, 3.05) is 13.2 Å². The van der Waals surface area contributed by atoms with E-state index in [9.17, 15) is 31.6 Å². The van der Waals surface area contributed by atoms with E-state index in [2.05, 4.69) is 11.4 Å². The lowest BCUT2D eigenvalue weighted by Gasteiger charge is -2.41. The first kappa shape index (κ1) is 24.1. The van der Waals surface area contributed by atoms with Crippen LogP contribution in [0.15, 0.2) is 48.5 Å². The molecule has 2 aromatic carbocycles. The Balaban J connectivity index is 1.87. The van der Waals surface area contributed by atoms with Crippen LogP contribution in [0, 0.1) is 17.2 Å². The Morgan fingerprint density at radius 2 is 1.66 bits per heavy atom. The Kier molecular flexibility index (Phi) is 6.86. The van der Waals surface area contributed by atoms with Crippen molar-refractivity contribution in [3.8, 4) is 6.07 Å². The van der Waals surface area contributed by atoms with E-state index in [1.165, 1.54) is 6.92 Å². The van der Waals surface area contributed by atoms with Gasteiger partial charge in [-0.25, -0.2) is 0 Å². The molecule has 9 heteroatoms. The molecule has 0 amide bonds. The Morgan fingerprint density at radius 3 is 2.12 bits per heavy atom. The summed E-state index contributed by atoms with van der Waals surface area (Å²) in [6, 6.07) is 12.9. The fraction of sp³-hybridized carbons (Fsp3) is 0.435. The van der Waals surface area contributed by atoms with Crippen molar-refractivity contribution in [1.29, 1.82) is 5.26 Å². The van der Waals surface area contributed by atoms with Crippen molar-refractivity contribution in [3.63, 3.8) is 0 Å². The number of nitrogens with one attached hydrogen (secondary N) is 1. The van der Waals surface area contributed by atoms with Crippen molar-refractivity contribution in [2.45, 2.75) is 43.8 Å². The third-order valence-electron chi connectivity index (χ3n) is 5.77. The molecule has 2 unspecified atom stereocenters. The molecule has 1 heterocycles. The average Bonchev–Trinajstić information content (AvgIpc) is 2.77. The Morgan fingerprint density at radius 1 is 1.06 bits per heavy atom. The number of rotatable bonds is 5. The average molecular weight is 456 g/mol. The zero-order valence-corrected chi connectivity index (χ0v) is 17.2. The number of nitriles is 1. The summed E-state index contributed by atoms with van der Waals surface area (Å²) >= 11 is 0. The number of ether oxygens (including phenoxy) is 1. The van der Waals surface area contributed by atoms with Gasteiger partial charge < -0.3 is 10.1 Å². The molecule has 1 saturated heterocycles. The molecule has 0 bridgehead atoms. The second kappa shape index (κ2) is 9.12. The molecule has 0 aromatic heterocycles. The van der Waals surface area contributed by atoms with Crippen molar-refractivity contribution >= 4 is 0 Å². The van der Waals surface area contributed by atoms with Crippen LogP contribution in [0.1, 0.15) is 48.1 Å². The van der Waals surface area contributed by atoms with Gasteiger partial charge in [0.15, 0.2) is 0 Å². The zero-order valence-electron chi connectivity index (χ0n) is 17.2. The van der Waals surface area contributed by atoms with Crippen molar-refractivity contribution < 1.29 is 31.1 Å². The molecule has 3 atom stereocenters. The van der Waals surface area contributed by atoms with Crippen LogP contribution in [0.3, 0.4) is 0 Å². The predicted molar refractivity (Wildman–Crippen MR) is 105 cm³/mol. The Bertz CT molecular complexity index is 925. The predicted octanol–water partition coefficient (Wildman–Crippen LogP) is 6.22. The summed E-state index contributed by atoms with van der Waals surface area (Å²) in [7, 11) is 0. The van der Waals surface area contributed by atoms with Crippen LogP contribution < -0.4 is 5.32 Å². The quantitative estimate of drug-likeness (QED) is 0.544. The molecule has 1 aliphatic rings. The summed E-state index contributed by atoms with van der Waals surface area (Å²) in [6.07, 6.45) is -9.72. The van der Waals surface area contributed by atoms with Gasteiger partial charge in [-0.2, -0.15) is 31.6 Å². The minimum Gasteiger partial charge on any atom is -0.372 e. The van der Waals surface area contributed by atoms with Gasteiger partial charge in [0.25, 0.3) is 0 Å². The van der Waals surface area contributed by atoms with E-state index in [-0.39, 0.29) is 24.2 Å². The summed E-state index contributed by atoms with van der Waals surface area (Å²) in [4.78, 5) is 0. The number of alkyl halides is 6. The van der Waals surface area contributed by atoms with Crippen LogP contribution in [0.2, 0.25) is 0 Å². The maximum atomic E-state index is 13.2. The van der Waals surface area contributed by atoms with Crippen LogP contribution in [0.5, 0.6) is 0 Å². The fourth-order valence-corrected chi connectivity index (χ4v) is 3.83. The van der Waals surface area contributed by atoms with Crippen LogP contribution in [-0.4, -0.2) is 13.2 Å². The van der Waals surface area contributed by atoms with Gasteiger partial charge in [0.1, 0.15) is 0 Å². The minimum atomic E-state index is -4.92. The third-order valence-corrected chi connectivity index (χ3v) is 5.77. The van der Waals surface area contributed by atoms with E-state index in [4.69, 9.17) is 4.74 Å². The summed E-state index contributed by atoms with van der Waals surface area (Å²) in [6.45, 7) is 1.86. The third kappa shape index (κ3) is 5.43. The highest BCUT2D eigenvalue weighted by molar-refractivity contribution is 5.35. The van der Waals surface area contributed by atoms with Gasteiger partial charge in [-0.05, 0) is 49.1 Å². The summed E-state index contributed by atoms with van der Waals surface area (Å²) in [5, 5.41) is 12.5. The second-order valence-corrected chi connectivity index (χ2v) is 7.99. The summed E-state index contributed by atoms with van der Waals surface area (Å²) in [5.74, 6) is -0.179. The lowest BCUT2D eigenvalue weighted by atomic mass is 9.80. The molecule has 1 aliphatic heterocycles. The monoisotopic (exact) mass is 456 g/mol. The van der Waals surface area contributed by atoms with Crippen molar-refractivity contribution in [3.05, 3.63) is 70.8 Å². The highest BCUT2D eigenvalue weighted by atomic mass is 19.4. The molecule has 1 N–H and O–H groups in total. The van der Waals surface area contributed by atoms with Gasteiger partial charge in [-0.15, -0.1) is 0 Å². The number of piperidine rings is 1. The van der Waals surface area contributed by atoms with Crippen molar-refractivity contribution in [1.82, 2.24) is 5.32 Å². The molecule has 0 spiro atoms. The number of hydrogen-bond acceptors (Lipinski definition) is 3. The van der Waals surface area contributed by atoms with E-state index < -0.39 is 35.1 Å². The molecule has 3 rings (SSSR count). The van der Waals surface area contributed by atoms with Crippen LogP contribution in [0.4, 0.5) is 26.3 Å². The highest BCUT2D eigenvalue weighted by Gasteiger charge is 2.39. The summed E-state index contributed by atoms with van der Waals surface area (Å²) < 4.78 is 85.0. The van der Waals surface area contributed by atoms with Gasteiger partial charge in [0, 0.05) is 6.54 Å². The smallest absolute Gasteiger partial charge is 0.372 e. The zero-order chi connectivity index (χ0) is 23.6. The standard InChI is InChI=1S/C23H22F6N2O/c1-15(17-9-19(22(24,25)26)11-20(10-17)23(27,28)29)32-14-21(18-5-3-2-4-6-18)8-7-16(12-30)13-31-21/h2-6,9-11,15-16,31H,7-8,13-14H2,1H3/t15?,16?,21-/m1/s1. The van der Waals surface area contributed by atoms with Gasteiger partial charge in [-0.3, -0.25) is 0 Å². The molecule has 0 radical (unpaired) electrons. The number of halogens is 6. The molecular formula is C23H22F6N2O. The molecule has 1 fully saturated rings. The van der Waals surface area contributed by atoms with Gasteiger partial charge in [-0.1, -0.05) is 30.3 Å². The molecular weight excluding hydrogens is 434 g/mol. The Hall–Kier alpha value is -2.57. The van der Waals surface area contributed by atoms with E-state index >= 15 is 0 Å². The molecule has 32 heavy (non-hydrogen) atoms. The van der Waals surface area contributed by atoms with E-state index in [0.717, 1.165) is 5.56 Å². The first-order valence-electron chi connectivity index (χ1n) is 10.1. The lowest BCUT2D eigenvalue weighted by molar-refractivity contribution is -0.143. The first-order valence-corrected chi connectivity index (χ1v) is 10.1. The topological polar surface area (TPSA) is 45.0 Å². The molecule has 0 saturated carbocycles. The molecule has 0 aliphatic carbocycles. The summed E-state index contributed by atoms with van der Waals surface area (Å²) in [5.41, 5.74) is -2.77. The van der Waals surface area contributed by atoms with E-state index in [1.807, 2.05) is 30.3 Å². The maximum absolute atomic E-state index is 13.2. The SMILES string of the molecule is CC(OC[C@@]1(c2ccccc2)CCC(C#N)CN1)c1cc(C(F)(F)F)cc(C(F)(F)F)c1. The molecule has 172 valence electrons. The number of nitrogens with zero attached hydrogens (tertiary/aromatic N) is 1. The van der Waals surface area contributed by atoms with Gasteiger partial charge in [0.2, 0.25) is 0 Å². The van der Waals surface area contributed by atoms with Crippen molar-refractivity contribution in [2.24, 2.45) is 5.92 Å².